The molecule has 0 spiro atoms. The van der Waals surface area contributed by atoms with Crippen LogP contribution < -0.4 is 4.72 Å². The van der Waals surface area contributed by atoms with Gasteiger partial charge in [-0.15, -0.1) is 0 Å². The Hall–Kier alpha value is 0.430. The third kappa shape index (κ3) is 12.9. The van der Waals surface area contributed by atoms with Crippen molar-refractivity contribution in [3.8, 4) is 0 Å². The van der Waals surface area contributed by atoms with E-state index in [1.165, 1.54) is 0 Å². The minimum atomic E-state index is -4.28. The van der Waals surface area contributed by atoms with Gasteiger partial charge in [-0.3, -0.25) is 0 Å². The zero-order chi connectivity index (χ0) is 14.1. The molecule has 8 heteroatoms. The molecule has 0 saturated carbocycles. The van der Waals surface area contributed by atoms with Crippen LogP contribution >= 0.6 is 22.6 Å². The normalized spacial score (nSPS) is 12.9. The Morgan fingerprint density at radius 1 is 1.00 bits per heavy atom. The summed E-state index contributed by atoms with van der Waals surface area (Å²) in [5.74, 6) is -0.458. The van der Waals surface area contributed by atoms with Crippen molar-refractivity contribution in [1.29, 1.82) is 0 Å². The summed E-state index contributed by atoms with van der Waals surface area (Å²) >= 11 is 2.28. The van der Waals surface area contributed by atoms with Gasteiger partial charge in [0.05, 0.1) is 5.75 Å². The quantitative estimate of drug-likeness (QED) is 0.347. The lowest BCUT2D eigenvalue weighted by molar-refractivity contribution is -0.134. The van der Waals surface area contributed by atoms with E-state index in [9.17, 15) is 21.6 Å². The maximum Gasteiger partial charge on any atom is 0.389 e. The number of hydrogen-bond acceptors (Lipinski definition) is 2. The number of halogens is 4. The highest BCUT2D eigenvalue weighted by molar-refractivity contribution is 14.1. The molecule has 0 fully saturated rings. The number of hydrogen-bond donors (Lipinski definition) is 1. The molecule has 0 aliphatic rings. The van der Waals surface area contributed by atoms with Crippen molar-refractivity contribution in [3.05, 3.63) is 0 Å². The number of unbranched alkanes of at least 4 members (excludes halogenated alkanes) is 3. The van der Waals surface area contributed by atoms with Crippen LogP contribution in [0.4, 0.5) is 13.2 Å². The van der Waals surface area contributed by atoms with Crippen molar-refractivity contribution in [2.24, 2.45) is 0 Å². The second kappa shape index (κ2) is 9.35. The number of sulfonamides is 1. The van der Waals surface area contributed by atoms with Crippen LogP contribution in [0.3, 0.4) is 0 Å². The van der Waals surface area contributed by atoms with Crippen LogP contribution in [0.5, 0.6) is 0 Å². The molecule has 0 aliphatic carbocycles. The summed E-state index contributed by atoms with van der Waals surface area (Å²) in [6.07, 6.45) is -1.88. The van der Waals surface area contributed by atoms with Crippen molar-refractivity contribution in [3.63, 3.8) is 0 Å². The Bertz CT molecular complexity index is 307. The smallest absolute Gasteiger partial charge is 0.215 e. The summed E-state index contributed by atoms with van der Waals surface area (Å²) in [4.78, 5) is 0. The van der Waals surface area contributed by atoms with Crippen LogP contribution in [0, 0.1) is 0 Å². The summed E-state index contributed by atoms with van der Waals surface area (Å²) < 4.78 is 61.6. The average Bonchev–Trinajstić information content (AvgIpc) is 2.21. The average molecular weight is 401 g/mol. The molecule has 0 aromatic rings. The number of nitrogens with one attached hydrogen (secondary N) is 1. The van der Waals surface area contributed by atoms with E-state index in [1.807, 2.05) is 0 Å². The fraction of sp³-hybridized carbons (Fsp3) is 1.00. The molecule has 0 aromatic heterocycles. The molecule has 0 unspecified atom stereocenters. The van der Waals surface area contributed by atoms with E-state index in [0.717, 1.165) is 30.1 Å². The van der Waals surface area contributed by atoms with E-state index in [2.05, 4.69) is 27.3 Å². The molecule has 0 atom stereocenters. The molecule has 0 amide bonds. The Labute approximate surface area is 120 Å². The lowest BCUT2D eigenvalue weighted by atomic mass is 10.2. The van der Waals surface area contributed by atoms with Crippen molar-refractivity contribution in [2.75, 3.05) is 16.7 Å². The summed E-state index contributed by atoms with van der Waals surface area (Å²) in [5.41, 5.74) is 0. The van der Waals surface area contributed by atoms with Gasteiger partial charge in [0.15, 0.2) is 0 Å². The largest absolute Gasteiger partial charge is 0.389 e. The predicted octanol–water partition coefficient (Wildman–Crippen LogP) is 3.24. The highest BCUT2D eigenvalue weighted by atomic mass is 127. The minimum absolute atomic E-state index is 0.315. The van der Waals surface area contributed by atoms with Crippen LogP contribution in [-0.2, 0) is 10.0 Å². The molecule has 18 heavy (non-hydrogen) atoms. The zero-order valence-electron chi connectivity index (χ0n) is 10.1. The van der Waals surface area contributed by atoms with Gasteiger partial charge >= 0.3 is 6.18 Å². The summed E-state index contributed by atoms with van der Waals surface area (Å²) in [5, 5.41) is 0. The minimum Gasteiger partial charge on any atom is -0.215 e. The van der Waals surface area contributed by atoms with Crippen LogP contribution in [0.15, 0.2) is 0 Å². The van der Waals surface area contributed by atoms with Crippen molar-refractivity contribution in [2.45, 2.75) is 44.7 Å². The van der Waals surface area contributed by atoms with Gasteiger partial charge < -0.3 is 0 Å². The molecule has 0 bridgehead atoms. The molecule has 0 rings (SSSR count). The van der Waals surface area contributed by atoms with E-state index in [-0.39, 0.29) is 6.42 Å². The SMILES string of the molecule is O=S(=O)(CCCC(F)(F)F)NCCCCCCI. The van der Waals surface area contributed by atoms with Crippen LogP contribution in [-0.4, -0.2) is 31.3 Å². The highest BCUT2D eigenvalue weighted by Gasteiger charge is 2.27. The summed E-state index contributed by atoms with van der Waals surface area (Å²) in [6.45, 7) is 0.315. The molecule has 0 radical (unpaired) electrons. The second-order valence-corrected chi connectivity index (χ2v) is 7.04. The Kier molecular flexibility index (Phi) is 9.58. The van der Waals surface area contributed by atoms with E-state index < -0.39 is 28.4 Å². The maximum atomic E-state index is 11.8. The van der Waals surface area contributed by atoms with E-state index in [4.69, 9.17) is 0 Å². The monoisotopic (exact) mass is 401 g/mol. The molecule has 0 aromatic carbocycles. The van der Waals surface area contributed by atoms with Crippen LogP contribution in [0.1, 0.15) is 38.5 Å². The van der Waals surface area contributed by atoms with Gasteiger partial charge in [-0.2, -0.15) is 13.2 Å². The lowest BCUT2D eigenvalue weighted by Crippen LogP contribution is -2.28. The van der Waals surface area contributed by atoms with E-state index in [0.29, 0.717) is 6.54 Å². The molecule has 1 N–H and O–H groups in total. The number of rotatable bonds is 10. The fourth-order valence-electron chi connectivity index (χ4n) is 1.34. The van der Waals surface area contributed by atoms with Gasteiger partial charge in [-0.05, 0) is 23.7 Å². The molecule has 110 valence electrons. The third-order valence-corrected chi connectivity index (χ3v) is 4.49. The Morgan fingerprint density at radius 3 is 2.17 bits per heavy atom. The number of alkyl halides is 4. The summed E-state index contributed by atoms with van der Waals surface area (Å²) in [6, 6.07) is 0. The standard InChI is InChI=1S/C10H19F3INO2S/c11-10(12,13)6-5-9-18(16,17)15-8-4-2-1-3-7-14/h15H,1-9H2. The first-order valence-corrected chi connectivity index (χ1v) is 9.05. The molecule has 0 heterocycles. The predicted molar refractivity (Wildman–Crippen MR) is 74.4 cm³/mol. The van der Waals surface area contributed by atoms with Crippen molar-refractivity contribution in [1.82, 2.24) is 4.72 Å². The zero-order valence-corrected chi connectivity index (χ0v) is 13.1. The summed E-state index contributed by atoms with van der Waals surface area (Å²) in [7, 11) is -3.55. The van der Waals surface area contributed by atoms with Gasteiger partial charge in [0, 0.05) is 13.0 Å². The van der Waals surface area contributed by atoms with E-state index >= 15 is 0 Å². The van der Waals surface area contributed by atoms with E-state index in [1.54, 1.807) is 0 Å². The molecule has 3 nitrogen and oxygen atoms in total. The maximum absolute atomic E-state index is 11.8. The molecular formula is C10H19F3INO2S. The van der Waals surface area contributed by atoms with Gasteiger partial charge in [0.1, 0.15) is 0 Å². The first kappa shape index (κ1) is 18.4. The third-order valence-electron chi connectivity index (χ3n) is 2.26. The van der Waals surface area contributed by atoms with Gasteiger partial charge in [0.2, 0.25) is 10.0 Å². The van der Waals surface area contributed by atoms with Crippen molar-refractivity contribution >= 4 is 32.6 Å². The topological polar surface area (TPSA) is 46.2 Å². The van der Waals surface area contributed by atoms with Gasteiger partial charge in [-0.25, -0.2) is 13.1 Å². The van der Waals surface area contributed by atoms with Gasteiger partial charge in [-0.1, -0.05) is 35.4 Å². The lowest BCUT2D eigenvalue weighted by Gasteiger charge is -2.08. The molecule has 0 aliphatic heterocycles. The van der Waals surface area contributed by atoms with Gasteiger partial charge in [0.25, 0.3) is 0 Å². The van der Waals surface area contributed by atoms with Crippen molar-refractivity contribution < 1.29 is 21.6 Å². The first-order valence-electron chi connectivity index (χ1n) is 5.87. The fourth-order valence-corrected chi connectivity index (χ4v) is 3.00. The highest BCUT2D eigenvalue weighted by Crippen LogP contribution is 2.21. The second-order valence-electron chi connectivity index (χ2n) is 4.04. The van der Waals surface area contributed by atoms with Crippen LogP contribution in [0.25, 0.3) is 0 Å². The first-order chi connectivity index (χ1) is 8.27. The molecular weight excluding hydrogens is 382 g/mol. The van der Waals surface area contributed by atoms with Crippen LogP contribution in [0.2, 0.25) is 0 Å². The Balaban J connectivity index is 3.62. The Morgan fingerprint density at radius 2 is 1.61 bits per heavy atom. The molecule has 0 saturated heterocycles.